The largest absolute Gasteiger partial charge is 0.460 e. The monoisotopic (exact) mass is 367 g/mol. The molecule has 0 saturated heterocycles. The summed E-state index contributed by atoms with van der Waals surface area (Å²) in [5.74, 6) is -0.516. The van der Waals surface area contributed by atoms with Gasteiger partial charge in [0.25, 0.3) is 0 Å². The molecule has 1 aliphatic carbocycles. The second kappa shape index (κ2) is 10.3. The summed E-state index contributed by atoms with van der Waals surface area (Å²) in [5.41, 5.74) is 0. The Hall–Kier alpha value is -1.86. The van der Waals surface area contributed by atoms with Gasteiger partial charge in [-0.25, -0.2) is 9.59 Å². The van der Waals surface area contributed by atoms with Crippen LogP contribution in [0.4, 0.5) is 4.79 Å². The van der Waals surface area contributed by atoms with Crippen molar-refractivity contribution in [1.82, 2.24) is 5.32 Å². The average Bonchev–Trinajstić information content (AvgIpc) is 2.99. The second-order valence-electron chi connectivity index (χ2n) is 6.93. The van der Waals surface area contributed by atoms with Gasteiger partial charge < -0.3 is 25.0 Å². The van der Waals surface area contributed by atoms with Crippen molar-refractivity contribution in [3.8, 4) is 0 Å². The van der Waals surface area contributed by atoms with Gasteiger partial charge in [-0.1, -0.05) is 12.2 Å². The summed E-state index contributed by atoms with van der Waals surface area (Å²) < 4.78 is 10.7. The molecule has 1 heterocycles. The molecule has 1 amide bonds. The molecule has 5 atom stereocenters. The summed E-state index contributed by atoms with van der Waals surface area (Å²) in [7, 11) is 0. The number of fused-ring (bicyclic) bond motifs is 1. The van der Waals surface area contributed by atoms with Crippen LogP contribution in [0.3, 0.4) is 0 Å². The summed E-state index contributed by atoms with van der Waals surface area (Å²) >= 11 is 0. The summed E-state index contributed by atoms with van der Waals surface area (Å²) in [6.07, 6.45) is 8.80. The fourth-order valence-corrected chi connectivity index (χ4v) is 3.52. The van der Waals surface area contributed by atoms with Crippen LogP contribution in [-0.4, -0.2) is 53.7 Å². The third kappa shape index (κ3) is 6.46. The maximum Gasteiger partial charge on any atom is 0.407 e. The molecule has 1 saturated carbocycles. The van der Waals surface area contributed by atoms with Gasteiger partial charge in [-0.05, 0) is 56.9 Å². The van der Waals surface area contributed by atoms with Crippen molar-refractivity contribution in [3.05, 3.63) is 24.3 Å². The smallest absolute Gasteiger partial charge is 0.407 e. The lowest BCUT2D eigenvalue weighted by Crippen LogP contribution is -2.30. The van der Waals surface area contributed by atoms with Gasteiger partial charge in [0.1, 0.15) is 6.10 Å². The minimum atomic E-state index is -0.817. The van der Waals surface area contributed by atoms with Crippen molar-refractivity contribution < 1.29 is 29.3 Å². The van der Waals surface area contributed by atoms with E-state index in [-0.39, 0.29) is 37.2 Å². The highest BCUT2D eigenvalue weighted by atomic mass is 16.6. The molecule has 0 aromatic carbocycles. The zero-order chi connectivity index (χ0) is 18.9. The zero-order valence-electron chi connectivity index (χ0n) is 15.2. The predicted molar refractivity (Wildman–Crippen MR) is 95.3 cm³/mol. The number of hydrogen-bond donors (Lipinski definition) is 3. The average molecular weight is 367 g/mol. The van der Waals surface area contributed by atoms with Crippen LogP contribution in [0.2, 0.25) is 0 Å². The Bertz CT molecular complexity index is 532. The highest BCUT2D eigenvalue weighted by molar-refractivity contribution is 5.82. The van der Waals surface area contributed by atoms with Crippen molar-refractivity contribution in [3.63, 3.8) is 0 Å². The number of amides is 1. The van der Waals surface area contributed by atoms with Crippen molar-refractivity contribution >= 4 is 12.1 Å². The van der Waals surface area contributed by atoms with Gasteiger partial charge in [0.05, 0.1) is 18.8 Å². The number of cyclic esters (lactones) is 1. The first kappa shape index (κ1) is 20.5. The van der Waals surface area contributed by atoms with Crippen LogP contribution in [0.25, 0.3) is 0 Å². The van der Waals surface area contributed by atoms with E-state index in [1.165, 1.54) is 12.2 Å². The van der Waals surface area contributed by atoms with Crippen molar-refractivity contribution in [2.45, 2.75) is 57.3 Å². The number of allylic oxidation sites excluding steroid dienone is 2. The number of carbonyl (C=O) groups excluding carboxylic acids is 2. The third-order valence-electron chi connectivity index (χ3n) is 4.83. The number of aliphatic hydroxyl groups is 2. The van der Waals surface area contributed by atoms with E-state index < -0.39 is 18.2 Å². The third-order valence-corrected chi connectivity index (χ3v) is 4.83. The summed E-state index contributed by atoms with van der Waals surface area (Å²) in [6, 6.07) is 0. The lowest BCUT2D eigenvalue weighted by molar-refractivity contribution is -0.142. The standard InChI is InChI=1S/C19H29NO6/c1-13-5-3-2-4-6-14-11-15(26-19(24)20-9-10-21)12-16(14)17(22)7-8-18(23)25-13/h4,6-8,13-17,21-22H,2-3,5,9-12H2,1H3,(H,20,24)/b6-4+,8-7?/t13-,14+,15-,16+,17+/m0/s1. The Morgan fingerprint density at radius 1 is 1.38 bits per heavy atom. The Balaban J connectivity index is 2.03. The van der Waals surface area contributed by atoms with Crippen molar-refractivity contribution in [1.29, 1.82) is 0 Å². The minimum Gasteiger partial charge on any atom is -0.460 e. The minimum absolute atomic E-state index is 0.0690. The molecule has 7 heteroatoms. The molecule has 2 rings (SSSR count). The molecular formula is C19H29NO6. The maximum absolute atomic E-state index is 11.8. The van der Waals surface area contributed by atoms with Crippen LogP contribution in [0.5, 0.6) is 0 Å². The number of aliphatic hydroxyl groups excluding tert-OH is 2. The molecule has 146 valence electrons. The molecule has 3 N–H and O–H groups in total. The number of hydrogen-bond acceptors (Lipinski definition) is 6. The zero-order valence-corrected chi connectivity index (χ0v) is 15.2. The summed E-state index contributed by atoms with van der Waals surface area (Å²) in [6.45, 7) is 1.86. The van der Waals surface area contributed by atoms with E-state index in [1.807, 2.05) is 6.92 Å². The van der Waals surface area contributed by atoms with Crippen LogP contribution in [-0.2, 0) is 14.3 Å². The SMILES string of the molecule is C[C@H]1CCC/C=C/[C@@H]2C[C@H](OC(=O)NCCO)C[C@H]2[C@H](O)C=CC(=O)O1. The number of rotatable bonds is 3. The molecule has 1 fully saturated rings. The van der Waals surface area contributed by atoms with E-state index in [4.69, 9.17) is 14.6 Å². The number of esters is 1. The first-order valence-electron chi connectivity index (χ1n) is 9.28. The molecule has 0 unspecified atom stereocenters. The lowest BCUT2D eigenvalue weighted by atomic mass is 9.90. The predicted octanol–water partition coefficient (Wildman–Crippen LogP) is 1.69. The topological polar surface area (TPSA) is 105 Å². The van der Waals surface area contributed by atoms with E-state index in [9.17, 15) is 14.7 Å². The Labute approximate surface area is 154 Å². The molecule has 26 heavy (non-hydrogen) atoms. The summed E-state index contributed by atoms with van der Waals surface area (Å²) in [5, 5.41) is 21.7. The number of carbonyl (C=O) groups is 2. The molecule has 7 nitrogen and oxygen atoms in total. The summed E-state index contributed by atoms with van der Waals surface area (Å²) in [4.78, 5) is 23.5. The highest BCUT2D eigenvalue weighted by Crippen LogP contribution is 2.37. The van der Waals surface area contributed by atoms with Crippen LogP contribution < -0.4 is 5.32 Å². The molecule has 2 aliphatic rings. The van der Waals surface area contributed by atoms with E-state index in [0.29, 0.717) is 12.8 Å². The first-order valence-corrected chi connectivity index (χ1v) is 9.28. The second-order valence-corrected chi connectivity index (χ2v) is 6.93. The maximum atomic E-state index is 11.8. The van der Waals surface area contributed by atoms with Gasteiger partial charge in [-0.2, -0.15) is 0 Å². The van der Waals surface area contributed by atoms with Gasteiger partial charge >= 0.3 is 12.1 Å². The molecule has 0 aromatic heterocycles. The molecule has 0 bridgehead atoms. The van der Waals surface area contributed by atoms with Crippen LogP contribution in [0.1, 0.15) is 39.0 Å². The quantitative estimate of drug-likeness (QED) is 0.518. The molecule has 0 radical (unpaired) electrons. The Kier molecular flexibility index (Phi) is 8.12. The van der Waals surface area contributed by atoms with Gasteiger partial charge in [-0.3, -0.25) is 0 Å². The molecule has 1 aliphatic heterocycles. The normalized spacial score (nSPS) is 33.8. The van der Waals surface area contributed by atoms with E-state index >= 15 is 0 Å². The molecule has 0 spiro atoms. The van der Waals surface area contributed by atoms with Gasteiger partial charge in [0.15, 0.2) is 0 Å². The van der Waals surface area contributed by atoms with Crippen LogP contribution in [0.15, 0.2) is 24.3 Å². The van der Waals surface area contributed by atoms with E-state index in [1.54, 1.807) is 0 Å². The molecule has 0 aromatic rings. The Morgan fingerprint density at radius 3 is 2.96 bits per heavy atom. The van der Waals surface area contributed by atoms with Crippen LogP contribution >= 0.6 is 0 Å². The van der Waals surface area contributed by atoms with Crippen molar-refractivity contribution in [2.75, 3.05) is 13.2 Å². The van der Waals surface area contributed by atoms with Gasteiger partial charge in [0, 0.05) is 12.6 Å². The lowest BCUT2D eigenvalue weighted by Gasteiger charge is -2.19. The van der Waals surface area contributed by atoms with Gasteiger partial charge in [0.2, 0.25) is 0 Å². The number of alkyl carbamates (subject to hydrolysis) is 1. The fraction of sp³-hybridized carbons (Fsp3) is 0.684. The van der Waals surface area contributed by atoms with Crippen LogP contribution in [0, 0.1) is 11.8 Å². The number of ether oxygens (including phenoxy) is 2. The number of nitrogens with one attached hydrogen (secondary N) is 1. The Morgan fingerprint density at radius 2 is 2.19 bits per heavy atom. The molecular weight excluding hydrogens is 338 g/mol. The fourth-order valence-electron chi connectivity index (χ4n) is 3.52. The van der Waals surface area contributed by atoms with Gasteiger partial charge in [-0.15, -0.1) is 0 Å². The van der Waals surface area contributed by atoms with Crippen molar-refractivity contribution in [2.24, 2.45) is 11.8 Å². The highest BCUT2D eigenvalue weighted by Gasteiger charge is 2.38. The van der Waals surface area contributed by atoms with E-state index in [2.05, 4.69) is 17.5 Å². The van der Waals surface area contributed by atoms with E-state index in [0.717, 1.165) is 19.3 Å². The first-order chi connectivity index (χ1) is 12.5.